The Morgan fingerprint density at radius 1 is 0.827 bits per heavy atom. The lowest BCUT2D eigenvalue weighted by molar-refractivity contribution is -0.123. The number of rotatable bonds is 30. The van der Waals surface area contributed by atoms with Crippen LogP contribution in [0.15, 0.2) is 53.6 Å². The predicted molar refractivity (Wildman–Crippen MR) is 290 cm³/mol. The average Bonchev–Trinajstić information content (AvgIpc) is 4.13. The molecule has 75 heavy (non-hydrogen) atoms. The zero-order valence-electron chi connectivity index (χ0n) is 44.1. The molecule has 4 aliphatic heterocycles. The van der Waals surface area contributed by atoms with Crippen molar-refractivity contribution in [1.29, 1.82) is 0 Å². The number of amides is 5. The molecule has 2 aromatic carbocycles. The van der Waals surface area contributed by atoms with Gasteiger partial charge in [0.15, 0.2) is 29.2 Å². The molecule has 5 amide bonds. The van der Waals surface area contributed by atoms with E-state index in [4.69, 9.17) is 43.6 Å². The summed E-state index contributed by atoms with van der Waals surface area (Å²) >= 11 is 0. The van der Waals surface area contributed by atoms with E-state index >= 15 is 0 Å². The lowest BCUT2D eigenvalue weighted by Crippen LogP contribution is -2.51. The number of carbonyl (C=O) groups excluding carboxylic acids is 5. The van der Waals surface area contributed by atoms with Crippen molar-refractivity contribution in [2.24, 2.45) is 4.99 Å². The molecular formula is C53H75N7O13S2. The highest BCUT2D eigenvalue weighted by atomic mass is 33.1. The minimum atomic E-state index is -0.771. The lowest BCUT2D eigenvalue weighted by Gasteiger charge is -2.33. The Morgan fingerprint density at radius 2 is 1.49 bits per heavy atom. The number of nitrogens with one attached hydrogen (secondary N) is 2. The number of methoxy groups -OCH3 is 2. The molecule has 412 valence electrons. The van der Waals surface area contributed by atoms with Crippen molar-refractivity contribution in [3.8, 4) is 23.0 Å². The number of unbranched alkanes of at least 4 members (excludes halogenated alkanes) is 2. The Morgan fingerprint density at radius 3 is 2.20 bits per heavy atom. The zero-order valence-corrected chi connectivity index (χ0v) is 45.7. The van der Waals surface area contributed by atoms with Gasteiger partial charge in [0, 0.05) is 75.4 Å². The number of nitrogens with zero attached hydrogens (tertiary/aromatic N) is 4. The number of likely N-dealkylation sites (tertiary alicyclic amines) is 1. The van der Waals surface area contributed by atoms with E-state index in [1.165, 1.54) is 33.6 Å². The third-order valence-corrected chi connectivity index (χ3v) is 15.8. The fourth-order valence-corrected chi connectivity index (χ4v) is 11.1. The van der Waals surface area contributed by atoms with Crippen LogP contribution in [-0.4, -0.2) is 179 Å². The number of anilines is 1. The van der Waals surface area contributed by atoms with Gasteiger partial charge in [0.1, 0.15) is 6.61 Å². The Hall–Kier alpha value is -5.68. The smallest absolute Gasteiger partial charge is 0.412 e. The molecule has 3 fully saturated rings. The largest absolute Gasteiger partial charge is 0.493 e. The van der Waals surface area contributed by atoms with Crippen LogP contribution in [0.3, 0.4) is 0 Å². The molecule has 0 aliphatic carbocycles. The maximum Gasteiger partial charge on any atom is 0.412 e. The highest BCUT2D eigenvalue weighted by Gasteiger charge is 2.45. The fourth-order valence-electron chi connectivity index (χ4n) is 8.74. The third-order valence-electron chi connectivity index (χ3n) is 12.6. The third kappa shape index (κ3) is 16.9. The van der Waals surface area contributed by atoms with Crippen LogP contribution in [-0.2, 0) is 28.5 Å². The van der Waals surface area contributed by atoms with Gasteiger partial charge in [-0.05, 0) is 64.5 Å². The summed E-state index contributed by atoms with van der Waals surface area (Å²) < 4.78 is 45.6. The van der Waals surface area contributed by atoms with E-state index in [1.54, 1.807) is 47.4 Å². The number of aliphatic imine (C=N–C) groups is 1. The summed E-state index contributed by atoms with van der Waals surface area (Å²) in [6.45, 7) is 18.9. The molecule has 2 aromatic rings. The average molecular weight is 1080 g/mol. The molecule has 0 spiro atoms. The number of nitrogens with two attached hydrogens (primary N) is 1. The van der Waals surface area contributed by atoms with Crippen LogP contribution < -0.4 is 35.3 Å². The van der Waals surface area contributed by atoms with Gasteiger partial charge < -0.3 is 64.1 Å². The molecule has 0 saturated carbocycles. The zero-order chi connectivity index (χ0) is 53.9. The first kappa shape index (κ1) is 58.6. The minimum absolute atomic E-state index is 0.0963. The van der Waals surface area contributed by atoms with Crippen LogP contribution in [0.2, 0.25) is 0 Å². The van der Waals surface area contributed by atoms with Crippen molar-refractivity contribution in [3.05, 3.63) is 59.7 Å². The van der Waals surface area contributed by atoms with Gasteiger partial charge >= 0.3 is 6.09 Å². The minimum Gasteiger partial charge on any atom is -0.493 e. The number of fused-ring (bicyclic) bond motifs is 2. The summed E-state index contributed by atoms with van der Waals surface area (Å²) in [5.74, 6) is 1.51. The molecule has 20 nitrogen and oxygen atoms in total. The van der Waals surface area contributed by atoms with E-state index in [-0.39, 0.29) is 80.1 Å². The number of ether oxygens (including phenoxy) is 8. The quantitative estimate of drug-likeness (QED) is 0.0325. The van der Waals surface area contributed by atoms with E-state index in [2.05, 4.69) is 28.8 Å². The summed E-state index contributed by atoms with van der Waals surface area (Å²) in [6.07, 6.45) is 5.26. The molecule has 0 radical (unpaired) electrons. The first-order chi connectivity index (χ1) is 36.1. The fraction of sp³-hybridized carbons (Fsp3) is 0.585. The van der Waals surface area contributed by atoms with Gasteiger partial charge in [-0.2, -0.15) is 0 Å². The molecule has 0 aromatic heterocycles. The summed E-state index contributed by atoms with van der Waals surface area (Å²) in [7, 11) is 6.06. The number of benzene rings is 2. The second-order valence-corrected chi connectivity index (χ2v) is 22.3. The summed E-state index contributed by atoms with van der Waals surface area (Å²) in [4.78, 5) is 75.2. The van der Waals surface area contributed by atoms with Crippen molar-refractivity contribution in [2.75, 3.05) is 111 Å². The molecule has 0 bridgehead atoms. The van der Waals surface area contributed by atoms with Crippen LogP contribution in [0.25, 0.3) is 0 Å². The van der Waals surface area contributed by atoms with Crippen molar-refractivity contribution >= 4 is 68.9 Å². The molecule has 3 saturated heterocycles. The van der Waals surface area contributed by atoms with E-state index < -0.39 is 23.1 Å². The molecule has 1 unspecified atom stereocenters. The van der Waals surface area contributed by atoms with Crippen LogP contribution in [0, 0.1) is 0 Å². The molecule has 4 aliphatic rings. The summed E-state index contributed by atoms with van der Waals surface area (Å²) in [5.41, 5.74) is 9.78. The number of carbonyl (C=O) groups is 5. The second-order valence-electron chi connectivity index (χ2n) is 19.2. The highest BCUT2D eigenvalue weighted by molar-refractivity contribution is 8.77. The maximum absolute atomic E-state index is 14.3. The number of nitrogen functional groups attached to an aromatic ring is 1. The Labute approximate surface area is 448 Å². The first-order valence-electron chi connectivity index (χ1n) is 25.6. The monoisotopic (exact) mass is 1080 g/mol. The molecule has 4 heterocycles. The van der Waals surface area contributed by atoms with Crippen molar-refractivity contribution < 1.29 is 61.9 Å². The normalized spacial score (nSPS) is 18.2. The Balaban J connectivity index is 0.899. The summed E-state index contributed by atoms with van der Waals surface area (Å²) in [5, 5.41) is 5.59. The summed E-state index contributed by atoms with van der Waals surface area (Å²) in [6, 6.07) is 5.96. The van der Waals surface area contributed by atoms with Crippen LogP contribution in [0.5, 0.6) is 23.0 Å². The van der Waals surface area contributed by atoms with Gasteiger partial charge in [-0.1, -0.05) is 52.8 Å². The van der Waals surface area contributed by atoms with E-state index in [0.717, 1.165) is 30.4 Å². The molecule has 6 rings (SSSR count). The van der Waals surface area contributed by atoms with Crippen LogP contribution in [0.1, 0.15) is 92.9 Å². The number of hydrogen-bond acceptors (Lipinski definition) is 17. The van der Waals surface area contributed by atoms with Gasteiger partial charge in [-0.25, -0.2) is 4.79 Å². The van der Waals surface area contributed by atoms with Gasteiger partial charge in [0.25, 0.3) is 11.8 Å². The number of hydrogen-bond donors (Lipinski definition) is 3. The van der Waals surface area contributed by atoms with E-state index in [1.807, 2.05) is 20.8 Å². The van der Waals surface area contributed by atoms with Gasteiger partial charge in [0.05, 0.1) is 94.1 Å². The second kappa shape index (κ2) is 29.0. The maximum atomic E-state index is 14.3. The first-order valence-corrected chi connectivity index (χ1v) is 27.9. The van der Waals surface area contributed by atoms with E-state index in [0.29, 0.717) is 119 Å². The standard InChI is InChI=1S/C53H75N7O13S2/c1-8-17-68-22-23-69-20-12-47(61)55-14-15-56-48(62)13-24-74-75-53(4,5)34-73-52(65)58-16-21-72-51(58)42-26-36(3)33-60(42)49(63)38-27-43(66-6)45(29-40(38)54)70-18-10-9-11-19-71-46-30-41-39(28-44(46)67-7)50(64)59-32-35(2)25-37(59)31-57-41/h27-31,37,42,51H,2-3,8-26,32-34,54H2,1,4-7H3,(H,55,61)(H,56,62)/t37-,42-,51?/m0/s1. The lowest BCUT2D eigenvalue weighted by atomic mass is 10.1. The van der Waals surface area contributed by atoms with Crippen molar-refractivity contribution in [2.45, 2.75) is 95.2 Å². The molecular weight excluding hydrogens is 1010 g/mol. The molecule has 3 atom stereocenters. The Kier molecular flexibility index (Phi) is 22.7. The van der Waals surface area contributed by atoms with Crippen molar-refractivity contribution in [3.63, 3.8) is 0 Å². The molecule has 4 N–H and O–H groups in total. The molecule has 22 heteroatoms. The topological polar surface area (TPSA) is 231 Å². The van der Waals surface area contributed by atoms with Gasteiger partial charge in [-0.15, -0.1) is 0 Å². The Bertz CT molecular complexity index is 2370. The van der Waals surface area contributed by atoms with E-state index in [9.17, 15) is 24.0 Å². The van der Waals surface area contributed by atoms with Crippen molar-refractivity contribution in [1.82, 2.24) is 25.3 Å². The van der Waals surface area contributed by atoms with Gasteiger partial charge in [0.2, 0.25) is 11.8 Å². The SMILES string of the molecule is C=C1C[C@H]2C=Nc3cc(OCCCCCOc4cc(N)c(C(=O)N5CC(=C)C[C@H]5C5OCCN5C(=O)OCC(C)(C)SSCCC(=O)NCCNC(=O)CCOCCOCCC)cc4OC)c(OC)cc3C(=O)N2C1. The predicted octanol–water partition coefficient (Wildman–Crippen LogP) is 6.58. The van der Waals surface area contributed by atoms with Crippen LogP contribution in [0.4, 0.5) is 16.2 Å². The van der Waals surface area contributed by atoms with Gasteiger partial charge in [-0.3, -0.25) is 29.1 Å². The highest BCUT2D eigenvalue weighted by Crippen LogP contribution is 2.40. The van der Waals surface area contributed by atoms with Crippen LogP contribution >= 0.6 is 21.6 Å².